The van der Waals surface area contributed by atoms with Crippen molar-refractivity contribution >= 4 is 0 Å². The van der Waals surface area contributed by atoms with Gasteiger partial charge in [0.15, 0.2) is 5.79 Å². The van der Waals surface area contributed by atoms with Crippen molar-refractivity contribution in [1.29, 1.82) is 0 Å². The Morgan fingerprint density at radius 3 is 2.29 bits per heavy atom. The molecule has 1 unspecified atom stereocenters. The minimum Gasteiger partial charge on any atom is -0.394 e. The van der Waals surface area contributed by atoms with Gasteiger partial charge in [0.2, 0.25) is 0 Å². The molecule has 14 heavy (non-hydrogen) atoms. The zero-order valence-corrected chi connectivity index (χ0v) is 8.00. The van der Waals surface area contributed by atoms with Crippen molar-refractivity contribution in [2.24, 2.45) is 5.73 Å². The van der Waals surface area contributed by atoms with E-state index in [-0.39, 0.29) is 6.15 Å². The third kappa shape index (κ3) is 2.20. The van der Waals surface area contributed by atoms with Crippen LogP contribution in [-0.4, -0.2) is 57.2 Å². The minimum absolute atomic E-state index is 0. The average molecular weight is 210 g/mol. The molecule has 7 nitrogen and oxygen atoms in total. The normalized spacial score (nSPS) is 48.4. The summed E-state index contributed by atoms with van der Waals surface area (Å²) in [4.78, 5) is 0. The summed E-state index contributed by atoms with van der Waals surface area (Å²) in [6.45, 7) is 0.788. The summed E-state index contributed by atoms with van der Waals surface area (Å²) in [7, 11) is 0. The molecule has 7 heteroatoms. The Balaban J connectivity index is 0.00000169. The number of ether oxygens (including phenoxy) is 1. The molecule has 86 valence electrons. The first-order chi connectivity index (χ1) is 5.90. The van der Waals surface area contributed by atoms with E-state index in [2.05, 4.69) is 0 Å². The SMILES string of the molecule is CC1(O)O[C@H](CO)[C@@H](O)[C@H](O)[C@H]1N.N. The van der Waals surface area contributed by atoms with Crippen molar-refractivity contribution in [2.45, 2.75) is 37.1 Å². The van der Waals surface area contributed by atoms with E-state index in [1.165, 1.54) is 6.92 Å². The highest BCUT2D eigenvalue weighted by Gasteiger charge is 2.48. The van der Waals surface area contributed by atoms with Gasteiger partial charge in [0, 0.05) is 0 Å². The third-order valence-electron chi connectivity index (χ3n) is 2.29. The Bertz CT molecular complexity index is 187. The second kappa shape index (κ2) is 4.49. The van der Waals surface area contributed by atoms with Crippen LogP contribution in [0.1, 0.15) is 6.92 Å². The first-order valence-electron chi connectivity index (χ1n) is 4.03. The molecule has 0 aromatic carbocycles. The highest BCUT2D eigenvalue weighted by atomic mass is 16.6. The Morgan fingerprint density at radius 1 is 1.36 bits per heavy atom. The topological polar surface area (TPSA) is 151 Å². The molecule has 0 amide bonds. The molecule has 1 fully saturated rings. The second-order valence-electron chi connectivity index (χ2n) is 3.40. The van der Waals surface area contributed by atoms with E-state index >= 15 is 0 Å². The molecule has 0 spiro atoms. The summed E-state index contributed by atoms with van der Waals surface area (Å²) in [6, 6.07) is -1.09. The van der Waals surface area contributed by atoms with E-state index in [1.54, 1.807) is 0 Å². The molecule has 0 bridgehead atoms. The Morgan fingerprint density at radius 2 is 1.86 bits per heavy atom. The second-order valence-corrected chi connectivity index (χ2v) is 3.40. The molecule has 0 radical (unpaired) electrons. The van der Waals surface area contributed by atoms with E-state index in [1.807, 2.05) is 0 Å². The molecular formula is C7H18N2O5. The van der Waals surface area contributed by atoms with Gasteiger partial charge >= 0.3 is 0 Å². The standard InChI is InChI=1S/C7H15NO5.H3N/c1-7(12)6(8)5(11)4(10)3(2-9)13-7;/h3-6,9-12H,2,8H2,1H3;1H3/t3-,4-,5+,6-,7?;/m1./s1. The van der Waals surface area contributed by atoms with Crippen LogP contribution in [0.2, 0.25) is 0 Å². The highest BCUT2D eigenvalue weighted by Crippen LogP contribution is 2.25. The zero-order chi connectivity index (χ0) is 10.2. The zero-order valence-electron chi connectivity index (χ0n) is 8.00. The van der Waals surface area contributed by atoms with E-state index in [0.717, 1.165) is 0 Å². The van der Waals surface area contributed by atoms with E-state index < -0.39 is 36.7 Å². The molecule has 1 heterocycles. The summed E-state index contributed by atoms with van der Waals surface area (Å²) >= 11 is 0. The van der Waals surface area contributed by atoms with Gasteiger partial charge in [-0.2, -0.15) is 0 Å². The van der Waals surface area contributed by atoms with Gasteiger partial charge in [0.1, 0.15) is 18.3 Å². The summed E-state index contributed by atoms with van der Waals surface area (Å²) in [5.74, 6) is -1.73. The van der Waals surface area contributed by atoms with Crippen molar-refractivity contribution in [3.05, 3.63) is 0 Å². The number of rotatable bonds is 1. The van der Waals surface area contributed by atoms with Crippen LogP contribution in [0.4, 0.5) is 0 Å². The van der Waals surface area contributed by atoms with Gasteiger partial charge in [0.05, 0.1) is 12.6 Å². The molecule has 0 aliphatic carbocycles. The lowest BCUT2D eigenvalue weighted by Crippen LogP contribution is -2.67. The van der Waals surface area contributed by atoms with Crippen LogP contribution in [0.15, 0.2) is 0 Å². The van der Waals surface area contributed by atoms with Crippen molar-refractivity contribution in [3.63, 3.8) is 0 Å². The fourth-order valence-electron chi connectivity index (χ4n) is 1.35. The van der Waals surface area contributed by atoms with Crippen molar-refractivity contribution in [2.75, 3.05) is 6.61 Å². The van der Waals surface area contributed by atoms with Crippen LogP contribution in [0.3, 0.4) is 0 Å². The predicted molar refractivity (Wildman–Crippen MR) is 47.6 cm³/mol. The van der Waals surface area contributed by atoms with Crippen LogP contribution in [0.25, 0.3) is 0 Å². The maximum absolute atomic E-state index is 9.50. The van der Waals surface area contributed by atoms with Crippen LogP contribution in [0, 0.1) is 0 Å². The molecule has 9 N–H and O–H groups in total. The lowest BCUT2D eigenvalue weighted by Gasteiger charge is -2.44. The van der Waals surface area contributed by atoms with Crippen molar-refractivity contribution in [1.82, 2.24) is 6.15 Å². The molecule has 0 saturated carbocycles. The molecule has 5 atom stereocenters. The van der Waals surface area contributed by atoms with Gasteiger partial charge in [-0.15, -0.1) is 0 Å². The Hall–Kier alpha value is -0.280. The number of hydrogen-bond donors (Lipinski definition) is 6. The monoisotopic (exact) mass is 210 g/mol. The lowest BCUT2D eigenvalue weighted by atomic mass is 9.92. The molecule has 1 aliphatic heterocycles. The largest absolute Gasteiger partial charge is 0.394 e. The van der Waals surface area contributed by atoms with Crippen molar-refractivity contribution in [3.8, 4) is 0 Å². The number of aliphatic hydroxyl groups excluding tert-OH is 3. The van der Waals surface area contributed by atoms with Gasteiger partial charge < -0.3 is 37.0 Å². The average Bonchev–Trinajstić information content (AvgIpc) is 2.08. The van der Waals surface area contributed by atoms with Gasteiger partial charge in [-0.05, 0) is 6.92 Å². The smallest absolute Gasteiger partial charge is 0.181 e. The van der Waals surface area contributed by atoms with Crippen LogP contribution in [-0.2, 0) is 4.74 Å². The van der Waals surface area contributed by atoms with Gasteiger partial charge in [-0.1, -0.05) is 0 Å². The summed E-state index contributed by atoms with van der Waals surface area (Å²) < 4.78 is 4.89. The van der Waals surface area contributed by atoms with Gasteiger partial charge in [0.25, 0.3) is 0 Å². The van der Waals surface area contributed by atoms with Crippen LogP contribution < -0.4 is 11.9 Å². The minimum atomic E-state index is -1.73. The summed E-state index contributed by atoms with van der Waals surface area (Å²) in [6.07, 6.45) is -3.59. The number of nitrogens with two attached hydrogens (primary N) is 1. The number of hydrogen-bond acceptors (Lipinski definition) is 7. The summed E-state index contributed by atoms with van der Waals surface area (Å²) in [5.41, 5.74) is 5.40. The third-order valence-corrected chi connectivity index (χ3v) is 2.29. The van der Waals surface area contributed by atoms with E-state index in [9.17, 15) is 15.3 Å². The van der Waals surface area contributed by atoms with E-state index in [0.29, 0.717) is 0 Å². The quantitative estimate of drug-likeness (QED) is 0.275. The fraction of sp³-hybridized carbons (Fsp3) is 1.00. The number of aliphatic hydroxyl groups is 4. The maximum atomic E-state index is 9.50. The molecule has 0 aromatic heterocycles. The summed E-state index contributed by atoms with van der Waals surface area (Å²) in [5, 5.41) is 36.9. The Kier molecular flexibility index (Phi) is 4.40. The predicted octanol–water partition coefficient (Wildman–Crippen LogP) is -2.70. The van der Waals surface area contributed by atoms with Gasteiger partial charge in [-0.3, -0.25) is 0 Å². The van der Waals surface area contributed by atoms with Crippen molar-refractivity contribution < 1.29 is 25.2 Å². The molecule has 0 aromatic rings. The van der Waals surface area contributed by atoms with Crippen LogP contribution in [0.5, 0.6) is 0 Å². The molecule has 1 rings (SSSR count). The molecule has 1 aliphatic rings. The molecular weight excluding hydrogens is 192 g/mol. The first kappa shape index (κ1) is 13.7. The molecule has 1 saturated heterocycles. The fourth-order valence-corrected chi connectivity index (χ4v) is 1.35. The van der Waals surface area contributed by atoms with Crippen LogP contribution >= 0.6 is 0 Å². The van der Waals surface area contributed by atoms with Gasteiger partial charge in [-0.25, -0.2) is 0 Å². The lowest BCUT2D eigenvalue weighted by molar-refractivity contribution is -0.305. The van der Waals surface area contributed by atoms with E-state index in [4.69, 9.17) is 15.6 Å². The Labute approximate surface area is 81.7 Å². The highest BCUT2D eigenvalue weighted by molar-refractivity contribution is 4.96. The maximum Gasteiger partial charge on any atom is 0.181 e. The first-order valence-corrected chi connectivity index (χ1v) is 4.03.